The van der Waals surface area contributed by atoms with E-state index in [0.717, 1.165) is 12.1 Å². The molecule has 9 heteroatoms. The highest BCUT2D eigenvalue weighted by Gasteiger charge is 2.30. The van der Waals surface area contributed by atoms with Crippen LogP contribution in [0.2, 0.25) is 0 Å². The van der Waals surface area contributed by atoms with E-state index in [0.29, 0.717) is 5.56 Å². The number of anilines is 1. The number of nitrogens with one attached hydrogen (secondary N) is 1. The molecule has 0 radical (unpaired) electrons. The van der Waals surface area contributed by atoms with Gasteiger partial charge >= 0.3 is 6.18 Å². The highest BCUT2D eigenvalue weighted by atomic mass is 19.4. The van der Waals surface area contributed by atoms with Crippen LogP contribution in [0.5, 0.6) is 0 Å². The quantitative estimate of drug-likeness (QED) is 0.533. The maximum absolute atomic E-state index is 13.1. The number of hydrogen-bond donors (Lipinski definition) is 1. The smallest absolute Gasteiger partial charge is 0.320 e. The zero-order valence-corrected chi connectivity index (χ0v) is 16.1. The van der Waals surface area contributed by atoms with Gasteiger partial charge in [-0.15, -0.1) is 0 Å². The molecular formula is C22H15F3N4O2. The maximum atomic E-state index is 13.1. The lowest BCUT2D eigenvalue weighted by molar-refractivity contribution is -0.137. The fourth-order valence-corrected chi connectivity index (χ4v) is 3.19. The van der Waals surface area contributed by atoms with Crippen LogP contribution < -0.4 is 10.9 Å². The lowest BCUT2D eigenvalue weighted by atomic mass is 10.1. The Morgan fingerprint density at radius 1 is 1.03 bits per heavy atom. The number of carbonyl (C=O) groups excluding carboxylic acids is 1. The molecule has 31 heavy (non-hydrogen) atoms. The van der Waals surface area contributed by atoms with Gasteiger partial charge in [-0.25, -0.2) is 4.98 Å². The van der Waals surface area contributed by atoms with Gasteiger partial charge < -0.3 is 5.32 Å². The Morgan fingerprint density at radius 3 is 2.45 bits per heavy atom. The number of para-hydroxylation sites is 1. The summed E-state index contributed by atoms with van der Waals surface area (Å²) in [4.78, 5) is 33.7. The molecule has 0 fully saturated rings. The molecule has 2 aromatic heterocycles. The fourth-order valence-electron chi connectivity index (χ4n) is 3.19. The number of rotatable bonds is 3. The molecule has 2 heterocycles. The fraction of sp³-hybridized carbons (Fsp3) is 0.0909. The molecule has 0 aliphatic heterocycles. The molecule has 0 saturated carbocycles. The lowest BCUT2D eigenvalue weighted by Gasteiger charge is -2.14. The first-order valence-electron chi connectivity index (χ1n) is 9.14. The molecule has 0 saturated heterocycles. The minimum absolute atomic E-state index is 0.0502. The van der Waals surface area contributed by atoms with Gasteiger partial charge in [-0.2, -0.15) is 13.2 Å². The van der Waals surface area contributed by atoms with E-state index in [-0.39, 0.29) is 28.0 Å². The van der Waals surface area contributed by atoms with Crippen LogP contribution in [0.25, 0.3) is 22.3 Å². The van der Waals surface area contributed by atoms with Crippen LogP contribution >= 0.6 is 0 Å². The van der Waals surface area contributed by atoms with E-state index < -0.39 is 23.2 Å². The van der Waals surface area contributed by atoms with Crippen molar-refractivity contribution >= 4 is 22.5 Å². The first-order valence-corrected chi connectivity index (χ1v) is 9.14. The predicted octanol–water partition coefficient (Wildman–Crippen LogP) is 4.27. The van der Waals surface area contributed by atoms with E-state index in [1.165, 1.54) is 48.3 Å². The van der Waals surface area contributed by atoms with E-state index in [1.807, 2.05) is 0 Å². The normalized spacial score (nSPS) is 11.5. The summed E-state index contributed by atoms with van der Waals surface area (Å²) in [5.74, 6) is -0.382. The number of aromatic nitrogens is 3. The Hall–Kier alpha value is -4.01. The average Bonchev–Trinajstić information content (AvgIpc) is 2.76. The van der Waals surface area contributed by atoms with Crippen LogP contribution in [0.4, 0.5) is 18.9 Å². The van der Waals surface area contributed by atoms with E-state index in [1.54, 1.807) is 18.2 Å². The summed E-state index contributed by atoms with van der Waals surface area (Å²) in [6.07, 6.45) is -1.59. The van der Waals surface area contributed by atoms with Crippen molar-refractivity contribution in [2.75, 3.05) is 5.32 Å². The minimum Gasteiger partial charge on any atom is -0.320 e. The van der Waals surface area contributed by atoms with Crippen molar-refractivity contribution in [2.24, 2.45) is 7.05 Å². The van der Waals surface area contributed by atoms with Crippen molar-refractivity contribution in [3.63, 3.8) is 0 Å². The predicted molar refractivity (Wildman–Crippen MR) is 110 cm³/mol. The largest absolute Gasteiger partial charge is 0.416 e. The molecule has 0 bridgehead atoms. The van der Waals surface area contributed by atoms with Crippen molar-refractivity contribution in [2.45, 2.75) is 6.18 Å². The van der Waals surface area contributed by atoms with Gasteiger partial charge in [0, 0.05) is 30.6 Å². The third-order valence-electron chi connectivity index (χ3n) is 4.75. The molecule has 1 amide bonds. The number of hydrogen-bond acceptors (Lipinski definition) is 4. The summed E-state index contributed by atoms with van der Waals surface area (Å²) in [5.41, 5.74) is -0.359. The SMILES string of the molecule is Cn1c(-c2cccc(C(F)(F)F)c2)nc2c(NC(=O)c3ccncc3)cccc2c1=O. The zero-order valence-electron chi connectivity index (χ0n) is 16.1. The molecule has 4 aromatic rings. The second-order valence-electron chi connectivity index (χ2n) is 6.77. The van der Waals surface area contributed by atoms with Crippen LogP contribution in [0.3, 0.4) is 0 Å². The van der Waals surface area contributed by atoms with Crippen molar-refractivity contribution < 1.29 is 18.0 Å². The Labute approximate surface area is 174 Å². The van der Waals surface area contributed by atoms with Crippen molar-refractivity contribution in [3.8, 4) is 11.4 Å². The van der Waals surface area contributed by atoms with Gasteiger partial charge in [-0.3, -0.25) is 19.1 Å². The van der Waals surface area contributed by atoms with Gasteiger partial charge in [-0.1, -0.05) is 18.2 Å². The van der Waals surface area contributed by atoms with Gasteiger partial charge in [0.1, 0.15) is 11.3 Å². The minimum atomic E-state index is -4.53. The zero-order chi connectivity index (χ0) is 22.2. The van der Waals surface area contributed by atoms with Gasteiger partial charge in [0.15, 0.2) is 0 Å². The Bertz CT molecular complexity index is 1350. The van der Waals surface area contributed by atoms with Gasteiger partial charge in [0.05, 0.1) is 16.6 Å². The molecule has 6 nitrogen and oxygen atoms in total. The lowest BCUT2D eigenvalue weighted by Crippen LogP contribution is -2.21. The second kappa shape index (κ2) is 7.67. The van der Waals surface area contributed by atoms with Crippen LogP contribution in [0.1, 0.15) is 15.9 Å². The van der Waals surface area contributed by atoms with Crippen molar-refractivity contribution in [1.29, 1.82) is 0 Å². The highest BCUT2D eigenvalue weighted by Crippen LogP contribution is 2.32. The van der Waals surface area contributed by atoms with E-state index in [2.05, 4.69) is 15.3 Å². The van der Waals surface area contributed by atoms with Gasteiger partial charge in [0.25, 0.3) is 11.5 Å². The Balaban J connectivity index is 1.86. The summed E-state index contributed by atoms with van der Waals surface area (Å²) in [5, 5.41) is 2.93. The molecule has 0 atom stereocenters. The van der Waals surface area contributed by atoms with E-state index in [4.69, 9.17) is 0 Å². The molecule has 156 valence electrons. The number of halogens is 3. The average molecular weight is 424 g/mol. The third kappa shape index (κ3) is 3.89. The molecule has 1 N–H and O–H groups in total. The number of alkyl halides is 3. The van der Waals surface area contributed by atoms with Gasteiger partial charge in [0.2, 0.25) is 0 Å². The molecule has 0 spiro atoms. The summed E-state index contributed by atoms with van der Waals surface area (Å²) < 4.78 is 40.6. The molecular weight excluding hydrogens is 409 g/mol. The van der Waals surface area contributed by atoms with Crippen LogP contribution in [0, 0.1) is 0 Å². The molecule has 0 unspecified atom stereocenters. The number of amides is 1. The van der Waals surface area contributed by atoms with Gasteiger partial charge in [-0.05, 0) is 36.4 Å². The summed E-state index contributed by atoms with van der Waals surface area (Å²) in [6.45, 7) is 0. The number of nitrogens with zero attached hydrogens (tertiary/aromatic N) is 3. The van der Waals surface area contributed by atoms with E-state index >= 15 is 0 Å². The van der Waals surface area contributed by atoms with E-state index in [9.17, 15) is 22.8 Å². The topological polar surface area (TPSA) is 76.9 Å². The number of carbonyl (C=O) groups is 1. The molecule has 2 aromatic carbocycles. The van der Waals surface area contributed by atoms with Crippen LogP contribution in [-0.2, 0) is 13.2 Å². The van der Waals surface area contributed by atoms with Crippen molar-refractivity contribution in [1.82, 2.24) is 14.5 Å². The summed E-state index contributed by atoms with van der Waals surface area (Å²) >= 11 is 0. The number of pyridine rings is 1. The Kier molecular flexibility index (Phi) is 5.02. The van der Waals surface area contributed by atoms with Crippen LogP contribution in [0.15, 0.2) is 71.8 Å². The van der Waals surface area contributed by atoms with Crippen molar-refractivity contribution in [3.05, 3.63) is 88.5 Å². The monoisotopic (exact) mass is 424 g/mol. The third-order valence-corrected chi connectivity index (χ3v) is 4.75. The second-order valence-corrected chi connectivity index (χ2v) is 6.77. The van der Waals surface area contributed by atoms with Crippen LogP contribution in [-0.4, -0.2) is 20.4 Å². The summed E-state index contributed by atoms with van der Waals surface area (Å²) in [6, 6.07) is 12.4. The first-order chi connectivity index (χ1) is 14.8. The molecule has 0 aliphatic carbocycles. The molecule has 0 aliphatic rings. The molecule has 4 rings (SSSR count). The Morgan fingerprint density at radius 2 is 1.74 bits per heavy atom. The maximum Gasteiger partial charge on any atom is 0.416 e. The highest BCUT2D eigenvalue weighted by molar-refractivity contribution is 6.08. The summed E-state index contributed by atoms with van der Waals surface area (Å²) in [7, 11) is 1.44. The number of fused-ring (bicyclic) bond motifs is 1. The first kappa shape index (κ1) is 20.3. The number of benzene rings is 2. The standard InChI is InChI=1S/C22H15F3N4O2/c1-29-19(14-4-2-5-15(12-14)22(23,24)25)28-18-16(21(29)31)6-3-7-17(18)27-20(30)13-8-10-26-11-9-13/h2-12H,1H3,(H,27,30).